The van der Waals surface area contributed by atoms with Gasteiger partial charge in [-0.3, -0.25) is 0 Å². The largest absolute Gasteiger partial charge is 0.492 e. The third kappa shape index (κ3) is 5.28. The van der Waals surface area contributed by atoms with Gasteiger partial charge in [-0.05, 0) is 37.6 Å². The van der Waals surface area contributed by atoms with Gasteiger partial charge < -0.3 is 10.1 Å². The quantitative estimate of drug-likeness (QED) is 0.794. The Labute approximate surface area is 117 Å². The van der Waals surface area contributed by atoms with E-state index in [1.165, 1.54) is 0 Å². The average Bonchev–Trinajstić information content (AvgIpc) is 2.20. The van der Waals surface area contributed by atoms with E-state index in [1.807, 2.05) is 19.1 Å². The zero-order valence-corrected chi connectivity index (χ0v) is 12.9. The second kappa shape index (κ2) is 7.24. The van der Waals surface area contributed by atoms with Crippen LogP contribution in [0.1, 0.15) is 25.8 Å². The lowest BCUT2D eigenvalue weighted by Gasteiger charge is -2.12. The van der Waals surface area contributed by atoms with Gasteiger partial charge >= 0.3 is 0 Å². The number of benzene rings is 1. The Bertz CT molecular complexity index is 345. The zero-order valence-electron chi connectivity index (χ0n) is 10.5. The first kappa shape index (κ1) is 14.8. The van der Waals surface area contributed by atoms with Crippen LogP contribution in [0, 0.1) is 6.92 Å². The van der Waals surface area contributed by atoms with E-state index in [0.29, 0.717) is 17.7 Å². The molecule has 0 spiro atoms. The normalized spacial score (nSPS) is 10.9. The summed E-state index contributed by atoms with van der Waals surface area (Å²) in [7, 11) is 0. The Kier molecular flexibility index (Phi) is 6.31. The molecule has 0 saturated heterocycles. The van der Waals surface area contributed by atoms with E-state index in [0.717, 1.165) is 28.8 Å². The van der Waals surface area contributed by atoms with Gasteiger partial charge in [-0.15, -0.1) is 0 Å². The summed E-state index contributed by atoms with van der Waals surface area (Å²) in [6, 6.07) is 4.39. The van der Waals surface area contributed by atoms with Crippen LogP contribution in [0.3, 0.4) is 0 Å². The summed E-state index contributed by atoms with van der Waals surface area (Å²) in [5.74, 6) is 0.791. The maximum absolute atomic E-state index is 6.13. The molecule has 0 heterocycles. The van der Waals surface area contributed by atoms with Crippen LogP contribution in [0.4, 0.5) is 0 Å². The van der Waals surface area contributed by atoms with Gasteiger partial charge in [-0.1, -0.05) is 41.4 Å². The van der Waals surface area contributed by atoms with Crippen molar-refractivity contribution in [3.63, 3.8) is 0 Å². The maximum Gasteiger partial charge on any atom is 0.140 e. The standard InChI is InChI=1S/C13H19BrClNO/c1-9(2)16-5-4-6-17-13-10(3)7-11(14)8-12(13)15/h7-9,16H,4-6H2,1-3H3. The Balaban J connectivity index is 2.42. The van der Waals surface area contributed by atoms with Crippen LogP contribution in [-0.2, 0) is 0 Å². The number of hydrogen-bond donors (Lipinski definition) is 1. The molecule has 0 aliphatic heterocycles. The molecule has 4 heteroatoms. The number of ether oxygens (including phenoxy) is 1. The maximum atomic E-state index is 6.13. The minimum atomic E-state index is 0.521. The fourth-order valence-corrected chi connectivity index (χ4v) is 2.53. The molecule has 17 heavy (non-hydrogen) atoms. The summed E-state index contributed by atoms with van der Waals surface area (Å²) in [4.78, 5) is 0. The number of nitrogens with one attached hydrogen (secondary N) is 1. The number of hydrogen-bond acceptors (Lipinski definition) is 2. The van der Waals surface area contributed by atoms with Crippen LogP contribution in [0.2, 0.25) is 5.02 Å². The second-order valence-corrected chi connectivity index (χ2v) is 5.67. The minimum Gasteiger partial charge on any atom is -0.492 e. The summed E-state index contributed by atoms with van der Waals surface area (Å²) >= 11 is 9.53. The Morgan fingerprint density at radius 1 is 1.41 bits per heavy atom. The fourth-order valence-electron chi connectivity index (χ4n) is 1.51. The van der Waals surface area contributed by atoms with Gasteiger partial charge in [-0.25, -0.2) is 0 Å². The SMILES string of the molecule is Cc1cc(Br)cc(Cl)c1OCCCNC(C)C. The average molecular weight is 321 g/mol. The molecule has 0 saturated carbocycles. The van der Waals surface area contributed by atoms with Gasteiger partial charge in [0.05, 0.1) is 11.6 Å². The van der Waals surface area contributed by atoms with E-state index < -0.39 is 0 Å². The molecular formula is C13H19BrClNO. The number of halogens is 2. The van der Waals surface area contributed by atoms with E-state index >= 15 is 0 Å². The van der Waals surface area contributed by atoms with Crippen molar-refractivity contribution in [2.45, 2.75) is 33.2 Å². The Morgan fingerprint density at radius 2 is 2.12 bits per heavy atom. The number of rotatable bonds is 6. The third-order valence-electron chi connectivity index (χ3n) is 2.31. The fraction of sp³-hybridized carbons (Fsp3) is 0.538. The molecule has 1 N–H and O–H groups in total. The summed E-state index contributed by atoms with van der Waals surface area (Å²) in [6.45, 7) is 7.91. The van der Waals surface area contributed by atoms with Crippen LogP contribution in [0.25, 0.3) is 0 Å². The van der Waals surface area contributed by atoms with Crippen LogP contribution >= 0.6 is 27.5 Å². The van der Waals surface area contributed by atoms with Crippen molar-refractivity contribution in [1.29, 1.82) is 0 Å². The molecule has 0 fully saturated rings. The van der Waals surface area contributed by atoms with Crippen LogP contribution < -0.4 is 10.1 Å². The van der Waals surface area contributed by atoms with Crippen LogP contribution in [0.5, 0.6) is 5.75 Å². The van der Waals surface area contributed by atoms with Crippen molar-refractivity contribution in [2.75, 3.05) is 13.2 Å². The molecule has 0 radical (unpaired) electrons. The van der Waals surface area contributed by atoms with E-state index in [1.54, 1.807) is 0 Å². The lowest BCUT2D eigenvalue weighted by atomic mass is 10.2. The van der Waals surface area contributed by atoms with Crippen molar-refractivity contribution in [1.82, 2.24) is 5.32 Å². The smallest absolute Gasteiger partial charge is 0.140 e. The van der Waals surface area contributed by atoms with Crippen molar-refractivity contribution < 1.29 is 4.74 Å². The van der Waals surface area contributed by atoms with E-state index in [-0.39, 0.29) is 0 Å². The second-order valence-electron chi connectivity index (χ2n) is 4.34. The van der Waals surface area contributed by atoms with Gasteiger partial charge in [0.15, 0.2) is 0 Å². The van der Waals surface area contributed by atoms with Crippen molar-refractivity contribution >= 4 is 27.5 Å². The molecule has 1 aromatic rings. The first-order chi connectivity index (χ1) is 8.00. The summed E-state index contributed by atoms with van der Waals surface area (Å²) in [6.07, 6.45) is 0.976. The third-order valence-corrected chi connectivity index (χ3v) is 3.05. The highest BCUT2D eigenvalue weighted by Gasteiger charge is 2.06. The predicted molar refractivity (Wildman–Crippen MR) is 77.1 cm³/mol. The molecule has 96 valence electrons. The van der Waals surface area contributed by atoms with Crippen LogP contribution in [0.15, 0.2) is 16.6 Å². The molecule has 1 rings (SSSR count). The molecule has 2 nitrogen and oxygen atoms in total. The molecule has 0 aliphatic rings. The lowest BCUT2D eigenvalue weighted by molar-refractivity contribution is 0.304. The van der Waals surface area contributed by atoms with Crippen molar-refractivity contribution in [3.8, 4) is 5.75 Å². The summed E-state index contributed by atoms with van der Waals surface area (Å²) in [5, 5.41) is 4.01. The van der Waals surface area contributed by atoms with Gasteiger partial charge in [0, 0.05) is 10.5 Å². The molecule has 0 amide bonds. The molecule has 0 aromatic heterocycles. The van der Waals surface area contributed by atoms with E-state index in [2.05, 4.69) is 35.1 Å². The Morgan fingerprint density at radius 3 is 2.71 bits per heavy atom. The van der Waals surface area contributed by atoms with E-state index in [4.69, 9.17) is 16.3 Å². The monoisotopic (exact) mass is 319 g/mol. The predicted octanol–water partition coefficient (Wildman–Crippen LogP) is 4.18. The minimum absolute atomic E-state index is 0.521. The van der Waals surface area contributed by atoms with Crippen molar-refractivity contribution in [2.24, 2.45) is 0 Å². The highest BCUT2D eigenvalue weighted by molar-refractivity contribution is 9.10. The molecular weight excluding hydrogens is 302 g/mol. The molecule has 1 aromatic carbocycles. The first-order valence-electron chi connectivity index (χ1n) is 5.82. The topological polar surface area (TPSA) is 21.3 Å². The van der Waals surface area contributed by atoms with Crippen molar-refractivity contribution in [3.05, 3.63) is 27.2 Å². The van der Waals surface area contributed by atoms with Crippen LogP contribution in [-0.4, -0.2) is 19.2 Å². The van der Waals surface area contributed by atoms with Gasteiger partial charge in [0.2, 0.25) is 0 Å². The molecule has 0 bridgehead atoms. The van der Waals surface area contributed by atoms with Gasteiger partial charge in [0.1, 0.15) is 5.75 Å². The zero-order chi connectivity index (χ0) is 12.8. The molecule has 0 aliphatic carbocycles. The lowest BCUT2D eigenvalue weighted by Crippen LogP contribution is -2.24. The summed E-state index contributed by atoms with van der Waals surface area (Å²) in [5.41, 5.74) is 1.06. The number of aryl methyl sites for hydroxylation is 1. The van der Waals surface area contributed by atoms with E-state index in [9.17, 15) is 0 Å². The Hall–Kier alpha value is -0.250. The molecule has 0 unspecified atom stereocenters. The highest BCUT2D eigenvalue weighted by atomic mass is 79.9. The highest BCUT2D eigenvalue weighted by Crippen LogP contribution is 2.31. The first-order valence-corrected chi connectivity index (χ1v) is 6.99. The van der Waals surface area contributed by atoms with Gasteiger partial charge in [-0.2, -0.15) is 0 Å². The van der Waals surface area contributed by atoms with Gasteiger partial charge in [0.25, 0.3) is 0 Å². The summed E-state index contributed by atoms with van der Waals surface area (Å²) < 4.78 is 6.69. The molecule has 0 atom stereocenters.